The zero-order valence-electron chi connectivity index (χ0n) is 12.1. The Balaban J connectivity index is 1.44. The monoisotopic (exact) mass is 295 g/mol. The Bertz CT molecular complexity index is 819. The van der Waals surface area contributed by atoms with Crippen LogP contribution in [0.2, 0.25) is 0 Å². The van der Waals surface area contributed by atoms with E-state index in [0.717, 1.165) is 36.1 Å². The van der Waals surface area contributed by atoms with E-state index in [2.05, 4.69) is 25.1 Å². The van der Waals surface area contributed by atoms with E-state index in [0.29, 0.717) is 18.0 Å². The third-order valence-electron chi connectivity index (χ3n) is 4.31. The number of aryl methyl sites for hydroxylation is 1. The molecule has 1 atom stereocenters. The van der Waals surface area contributed by atoms with Crippen LogP contribution in [0.15, 0.2) is 36.8 Å². The molecule has 0 radical (unpaired) electrons. The maximum Gasteiger partial charge on any atom is 0.252 e. The number of hydrogen-bond donors (Lipinski definition) is 2. The number of amides is 1. The fourth-order valence-electron chi connectivity index (χ4n) is 3.10. The predicted octanol–water partition coefficient (Wildman–Crippen LogP) is 1.75. The van der Waals surface area contributed by atoms with Crippen molar-refractivity contribution < 1.29 is 4.79 Å². The van der Waals surface area contributed by atoms with Crippen molar-refractivity contribution in [3.8, 4) is 0 Å². The molecule has 3 heterocycles. The van der Waals surface area contributed by atoms with Gasteiger partial charge in [-0.1, -0.05) is 6.07 Å². The van der Waals surface area contributed by atoms with Gasteiger partial charge in [0, 0.05) is 37.3 Å². The number of H-pyrrole nitrogens is 1. The minimum Gasteiger partial charge on any atom is -0.352 e. The summed E-state index contributed by atoms with van der Waals surface area (Å²) < 4.78 is 2.18. The first-order valence-corrected chi connectivity index (χ1v) is 7.51. The normalized spacial score (nSPS) is 17.4. The molecule has 1 aliphatic heterocycles. The highest BCUT2D eigenvalue weighted by Gasteiger charge is 2.20. The third-order valence-corrected chi connectivity index (χ3v) is 4.31. The number of aromatic amines is 1. The Morgan fingerprint density at radius 1 is 1.45 bits per heavy atom. The molecular formula is C16H17N5O. The van der Waals surface area contributed by atoms with Crippen LogP contribution >= 0.6 is 0 Å². The Labute approximate surface area is 127 Å². The van der Waals surface area contributed by atoms with E-state index in [9.17, 15) is 4.79 Å². The van der Waals surface area contributed by atoms with Crippen molar-refractivity contribution >= 4 is 16.8 Å². The maximum absolute atomic E-state index is 12.4. The largest absolute Gasteiger partial charge is 0.352 e. The molecule has 0 saturated heterocycles. The van der Waals surface area contributed by atoms with E-state index in [1.807, 2.05) is 30.6 Å². The van der Waals surface area contributed by atoms with Gasteiger partial charge < -0.3 is 9.88 Å². The summed E-state index contributed by atoms with van der Waals surface area (Å²) in [4.78, 5) is 16.8. The summed E-state index contributed by atoms with van der Waals surface area (Å²) >= 11 is 0. The van der Waals surface area contributed by atoms with E-state index in [4.69, 9.17) is 0 Å². The average molecular weight is 295 g/mol. The molecule has 1 aliphatic rings. The Morgan fingerprint density at radius 2 is 2.41 bits per heavy atom. The van der Waals surface area contributed by atoms with Crippen molar-refractivity contribution in [2.75, 3.05) is 6.54 Å². The Kier molecular flexibility index (Phi) is 3.14. The number of aromatic nitrogens is 4. The van der Waals surface area contributed by atoms with E-state index in [1.54, 1.807) is 6.20 Å². The third kappa shape index (κ3) is 2.26. The van der Waals surface area contributed by atoms with Crippen LogP contribution < -0.4 is 5.32 Å². The molecule has 0 bridgehead atoms. The van der Waals surface area contributed by atoms with Gasteiger partial charge in [-0.05, 0) is 24.5 Å². The van der Waals surface area contributed by atoms with Crippen molar-refractivity contribution in [1.29, 1.82) is 0 Å². The molecule has 2 aromatic heterocycles. The quantitative estimate of drug-likeness (QED) is 0.773. The summed E-state index contributed by atoms with van der Waals surface area (Å²) in [6, 6.07) is 5.62. The number of imidazole rings is 1. The molecule has 4 rings (SSSR count). The summed E-state index contributed by atoms with van der Waals surface area (Å²) in [5, 5.41) is 10.8. The number of fused-ring (bicyclic) bond motifs is 2. The molecule has 1 aromatic carbocycles. The number of rotatable bonds is 3. The predicted molar refractivity (Wildman–Crippen MR) is 82.5 cm³/mol. The minimum atomic E-state index is -0.0385. The number of carbonyl (C=O) groups excluding carboxylic acids is 1. The molecule has 0 aliphatic carbocycles. The van der Waals surface area contributed by atoms with E-state index >= 15 is 0 Å². The highest BCUT2D eigenvalue weighted by atomic mass is 16.1. The topological polar surface area (TPSA) is 75.6 Å². The number of nitrogens with one attached hydrogen (secondary N) is 2. The van der Waals surface area contributed by atoms with Gasteiger partial charge in [-0.2, -0.15) is 5.10 Å². The van der Waals surface area contributed by atoms with Crippen molar-refractivity contribution in [2.24, 2.45) is 5.92 Å². The lowest BCUT2D eigenvalue weighted by molar-refractivity contribution is 0.0945. The lowest BCUT2D eigenvalue weighted by Gasteiger charge is -2.24. The molecule has 0 fully saturated rings. The Hall–Kier alpha value is -2.63. The maximum atomic E-state index is 12.4. The Morgan fingerprint density at radius 3 is 3.36 bits per heavy atom. The van der Waals surface area contributed by atoms with Gasteiger partial charge in [0.05, 0.1) is 17.3 Å². The summed E-state index contributed by atoms with van der Waals surface area (Å²) in [6.45, 7) is 1.61. The summed E-state index contributed by atoms with van der Waals surface area (Å²) in [7, 11) is 0. The summed E-state index contributed by atoms with van der Waals surface area (Å²) in [5.41, 5.74) is 1.55. The lowest BCUT2D eigenvalue weighted by Crippen LogP contribution is -2.33. The molecular weight excluding hydrogens is 278 g/mol. The number of benzene rings is 1. The van der Waals surface area contributed by atoms with Crippen LogP contribution in [-0.2, 0) is 13.0 Å². The first-order valence-electron chi connectivity index (χ1n) is 7.51. The average Bonchev–Trinajstić information content (AvgIpc) is 3.20. The van der Waals surface area contributed by atoms with E-state index in [1.165, 1.54) is 0 Å². The van der Waals surface area contributed by atoms with Crippen molar-refractivity contribution in [2.45, 2.75) is 19.4 Å². The van der Waals surface area contributed by atoms with Crippen LogP contribution in [-0.4, -0.2) is 32.2 Å². The van der Waals surface area contributed by atoms with Crippen molar-refractivity contribution in [3.63, 3.8) is 0 Å². The van der Waals surface area contributed by atoms with Gasteiger partial charge in [-0.3, -0.25) is 9.89 Å². The SMILES string of the molecule is O=C(NC[C@@H]1CCc2nccn2C1)c1cccc2[nH]ncc12. The van der Waals surface area contributed by atoms with Crippen molar-refractivity contribution in [1.82, 2.24) is 25.1 Å². The fraction of sp³-hybridized carbons (Fsp3) is 0.312. The number of nitrogens with zero attached hydrogens (tertiary/aromatic N) is 3. The molecule has 2 N–H and O–H groups in total. The summed E-state index contributed by atoms with van der Waals surface area (Å²) in [5.74, 6) is 1.56. The molecule has 0 spiro atoms. The van der Waals surface area contributed by atoms with Gasteiger partial charge in [0.2, 0.25) is 0 Å². The molecule has 112 valence electrons. The van der Waals surface area contributed by atoms with Gasteiger partial charge in [0.25, 0.3) is 5.91 Å². The number of hydrogen-bond acceptors (Lipinski definition) is 3. The number of carbonyl (C=O) groups is 1. The molecule has 0 unspecified atom stereocenters. The second-order valence-electron chi connectivity index (χ2n) is 5.75. The standard InChI is InChI=1S/C16H17N5O/c22-16(12-2-1-3-14-13(12)9-19-20-14)18-8-11-4-5-15-17-6-7-21(15)10-11/h1-3,6-7,9,11H,4-5,8,10H2,(H,18,22)(H,19,20)/t11-/m0/s1. The van der Waals surface area contributed by atoms with Crippen LogP contribution in [0.4, 0.5) is 0 Å². The fourth-order valence-corrected chi connectivity index (χ4v) is 3.10. The molecule has 22 heavy (non-hydrogen) atoms. The van der Waals surface area contributed by atoms with Crippen LogP contribution in [0.25, 0.3) is 10.9 Å². The lowest BCUT2D eigenvalue weighted by atomic mass is 9.99. The summed E-state index contributed by atoms with van der Waals surface area (Å²) in [6.07, 6.45) is 7.59. The second kappa shape index (κ2) is 5.29. The van der Waals surface area contributed by atoms with Gasteiger partial charge in [-0.25, -0.2) is 4.98 Å². The first kappa shape index (κ1) is 13.1. The van der Waals surface area contributed by atoms with Crippen LogP contribution in [0.3, 0.4) is 0 Å². The molecule has 1 amide bonds. The molecule has 3 aromatic rings. The molecule has 0 saturated carbocycles. The van der Waals surface area contributed by atoms with Gasteiger partial charge in [-0.15, -0.1) is 0 Å². The van der Waals surface area contributed by atoms with Gasteiger partial charge >= 0.3 is 0 Å². The highest BCUT2D eigenvalue weighted by Crippen LogP contribution is 2.19. The van der Waals surface area contributed by atoms with Gasteiger partial charge in [0.15, 0.2) is 0 Å². The van der Waals surface area contributed by atoms with Crippen LogP contribution in [0.1, 0.15) is 22.6 Å². The van der Waals surface area contributed by atoms with E-state index < -0.39 is 0 Å². The smallest absolute Gasteiger partial charge is 0.252 e. The molecule has 6 heteroatoms. The van der Waals surface area contributed by atoms with Crippen molar-refractivity contribution in [3.05, 3.63) is 48.2 Å². The molecule has 6 nitrogen and oxygen atoms in total. The zero-order chi connectivity index (χ0) is 14.9. The van der Waals surface area contributed by atoms with Crippen LogP contribution in [0.5, 0.6) is 0 Å². The van der Waals surface area contributed by atoms with Gasteiger partial charge in [0.1, 0.15) is 5.82 Å². The first-order chi connectivity index (χ1) is 10.8. The highest BCUT2D eigenvalue weighted by molar-refractivity contribution is 6.05. The minimum absolute atomic E-state index is 0.0385. The van der Waals surface area contributed by atoms with Crippen LogP contribution in [0, 0.1) is 5.92 Å². The zero-order valence-corrected chi connectivity index (χ0v) is 12.1. The van der Waals surface area contributed by atoms with E-state index in [-0.39, 0.29) is 5.91 Å². The second-order valence-corrected chi connectivity index (χ2v) is 5.75.